The standard InChI is InChI=1S/C9H13NOS/c1-2-3-8(9(10)11)7-4-5-12-6-7/h4-6,8H,2-3H2,1H3,(H2,10,11). The van der Waals surface area contributed by atoms with Crippen LogP contribution in [-0.4, -0.2) is 5.91 Å². The summed E-state index contributed by atoms with van der Waals surface area (Å²) < 4.78 is 0. The molecule has 1 rings (SSSR count). The van der Waals surface area contributed by atoms with Crippen LogP contribution in [0.5, 0.6) is 0 Å². The summed E-state index contributed by atoms with van der Waals surface area (Å²) in [7, 11) is 0. The van der Waals surface area contributed by atoms with Crippen molar-refractivity contribution >= 4 is 17.2 Å². The van der Waals surface area contributed by atoms with E-state index in [4.69, 9.17) is 5.73 Å². The lowest BCUT2D eigenvalue weighted by molar-refractivity contribution is -0.119. The van der Waals surface area contributed by atoms with Crippen molar-refractivity contribution in [1.29, 1.82) is 0 Å². The van der Waals surface area contributed by atoms with Crippen molar-refractivity contribution in [2.75, 3.05) is 0 Å². The number of carbonyl (C=O) groups excluding carboxylic acids is 1. The van der Waals surface area contributed by atoms with Crippen LogP contribution in [-0.2, 0) is 4.79 Å². The molecule has 66 valence electrons. The van der Waals surface area contributed by atoms with Gasteiger partial charge in [-0.05, 0) is 28.8 Å². The van der Waals surface area contributed by atoms with E-state index in [2.05, 4.69) is 6.92 Å². The van der Waals surface area contributed by atoms with Crippen LogP contribution in [0, 0.1) is 0 Å². The molecule has 0 bridgehead atoms. The van der Waals surface area contributed by atoms with Gasteiger partial charge >= 0.3 is 0 Å². The van der Waals surface area contributed by atoms with Crippen LogP contribution in [0.1, 0.15) is 31.2 Å². The van der Waals surface area contributed by atoms with Gasteiger partial charge < -0.3 is 5.73 Å². The Balaban J connectivity index is 2.73. The Kier molecular flexibility index (Phi) is 3.29. The topological polar surface area (TPSA) is 43.1 Å². The minimum absolute atomic E-state index is 0.0822. The van der Waals surface area contributed by atoms with Gasteiger partial charge in [0.15, 0.2) is 0 Å². The van der Waals surface area contributed by atoms with Crippen LogP contribution in [0.4, 0.5) is 0 Å². The molecule has 1 heterocycles. The fourth-order valence-corrected chi connectivity index (χ4v) is 1.95. The predicted molar refractivity (Wildman–Crippen MR) is 51.2 cm³/mol. The monoisotopic (exact) mass is 183 g/mol. The van der Waals surface area contributed by atoms with E-state index in [1.54, 1.807) is 11.3 Å². The second-order valence-electron chi connectivity index (χ2n) is 2.80. The van der Waals surface area contributed by atoms with E-state index < -0.39 is 0 Å². The van der Waals surface area contributed by atoms with Gasteiger partial charge in [-0.3, -0.25) is 4.79 Å². The van der Waals surface area contributed by atoms with E-state index in [-0.39, 0.29) is 11.8 Å². The molecular formula is C9H13NOS. The van der Waals surface area contributed by atoms with Gasteiger partial charge in [-0.2, -0.15) is 11.3 Å². The van der Waals surface area contributed by atoms with Crippen LogP contribution >= 0.6 is 11.3 Å². The van der Waals surface area contributed by atoms with Gasteiger partial charge in [0.2, 0.25) is 5.91 Å². The first kappa shape index (κ1) is 9.26. The molecule has 1 aromatic rings. The van der Waals surface area contributed by atoms with E-state index in [1.165, 1.54) is 0 Å². The maximum Gasteiger partial charge on any atom is 0.224 e. The van der Waals surface area contributed by atoms with Crippen molar-refractivity contribution in [3.63, 3.8) is 0 Å². The van der Waals surface area contributed by atoms with Gasteiger partial charge in [-0.1, -0.05) is 13.3 Å². The molecule has 2 nitrogen and oxygen atoms in total. The highest BCUT2D eigenvalue weighted by atomic mass is 32.1. The summed E-state index contributed by atoms with van der Waals surface area (Å²) in [5.74, 6) is -0.295. The second-order valence-corrected chi connectivity index (χ2v) is 3.58. The maximum atomic E-state index is 11.0. The molecule has 3 heteroatoms. The van der Waals surface area contributed by atoms with Gasteiger partial charge in [0, 0.05) is 0 Å². The highest BCUT2D eigenvalue weighted by Crippen LogP contribution is 2.22. The number of carbonyl (C=O) groups is 1. The van der Waals surface area contributed by atoms with Crippen LogP contribution in [0.3, 0.4) is 0 Å². The first-order valence-corrected chi connectivity index (χ1v) is 5.01. The number of hydrogen-bond acceptors (Lipinski definition) is 2. The zero-order valence-electron chi connectivity index (χ0n) is 7.12. The van der Waals surface area contributed by atoms with E-state index >= 15 is 0 Å². The molecule has 0 fully saturated rings. The van der Waals surface area contributed by atoms with Gasteiger partial charge in [0.25, 0.3) is 0 Å². The zero-order valence-corrected chi connectivity index (χ0v) is 7.93. The summed E-state index contributed by atoms with van der Waals surface area (Å²) in [6, 6.07) is 1.97. The molecule has 0 aliphatic rings. The lowest BCUT2D eigenvalue weighted by atomic mass is 9.97. The molecule has 0 spiro atoms. The molecule has 0 saturated carbocycles. The fourth-order valence-electron chi connectivity index (χ4n) is 1.24. The van der Waals surface area contributed by atoms with Crippen molar-refractivity contribution in [2.24, 2.45) is 5.73 Å². The van der Waals surface area contributed by atoms with Crippen molar-refractivity contribution in [3.05, 3.63) is 22.4 Å². The average molecular weight is 183 g/mol. The molecule has 0 radical (unpaired) electrons. The summed E-state index contributed by atoms with van der Waals surface area (Å²) in [6.07, 6.45) is 1.84. The zero-order chi connectivity index (χ0) is 8.97. The first-order chi connectivity index (χ1) is 5.75. The van der Waals surface area contributed by atoms with E-state index in [0.717, 1.165) is 18.4 Å². The van der Waals surface area contributed by atoms with Gasteiger partial charge in [-0.25, -0.2) is 0 Å². The Morgan fingerprint density at radius 3 is 2.92 bits per heavy atom. The summed E-state index contributed by atoms with van der Waals surface area (Å²) in [5.41, 5.74) is 6.34. The number of thiophene rings is 1. The molecule has 0 aliphatic heterocycles. The third-order valence-corrected chi connectivity index (χ3v) is 2.57. The molecule has 0 saturated heterocycles. The van der Waals surface area contributed by atoms with Crippen LogP contribution < -0.4 is 5.73 Å². The van der Waals surface area contributed by atoms with Crippen molar-refractivity contribution < 1.29 is 4.79 Å². The molecule has 2 N–H and O–H groups in total. The second kappa shape index (κ2) is 4.26. The number of amides is 1. The molecule has 1 unspecified atom stereocenters. The Bertz CT molecular complexity index is 243. The average Bonchev–Trinajstić information content (AvgIpc) is 2.51. The normalized spacial score (nSPS) is 12.8. The molecule has 0 aromatic carbocycles. The SMILES string of the molecule is CCCC(C(N)=O)c1ccsc1. The van der Waals surface area contributed by atoms with Crippen LogP contribution in [0.25, 0.3) is 0 Å². The first-order valence-electron chi connectivity index (χ1n) is 4.07. The number of primary amides is 1. The Labute approximate surface area is 76.4 Å². The summed E-state index contributed by atoms with van der Waals surface area (Å²) >= 11 is 1.60. The van der Waals surface area contributed by atoms with Gasteiger partial charge in [-0.15, -0.1) is 0 Å². The molecule has 1 amide bonds. The largest absolute Gasteiger partial charge is 0.369 e. The molecule has 0 aliphatic carbocycles. The Morgan fingerprint density at radius 2 is 2.50 bits per heavy atom. The summed E-state index contributed by atoms with van der Waals surface area (Å²) in [4.78, 5) is 11.0. The third kappa shape index (κ3) is 2.08. The number of nitrogens with two attached hydrogens (primary N) is 1. The number of rotatable bonds is 4. The molecule has 1 aromatic heterocycles. The van der Waals surface area contributed by atoms with E-state index in [0.29, 0.717) is 0 Å². The quantitative estimate of drug-likeness (QED) is 0.763. The maximum absolute atomic E-state index is 11.0. The van der Waals surface area contributed by atoms with Gasteiger partial charge in [0.1, 0.15) is 0 Å². The summed E-state index contributed by atoms with van der Waals surface area (Å²) in [5, 5.41) is 3.96. The molecule has 1 atom stereocenters. The highest BCUT2D eigenvalue weighted by Gasteiger charge is 2.16. The smallest absolute Gasteiger partial charge is 0.224 e. The van der Waals surface area contributed by atoms with Crippen molar-refractivity contribution in [2.45, 2.75) is 25.7 Å². The minimum Gasteiger partial charge on any atom is -0.369 e. The minimum atomic E-state index is -0.213. The van der Waals surface area contributed by atoms with Crippen LogP contribution in [0.15, 0.2) is 16.8 Å². The van der Waals surface area contributed by atoms with Gasteiger partial charge in [0.05, 0.1) is 5.92 Å². The lowest BCUT2D eigenvalue weighted by Crippen LogP contribution is -2.20. The van der Waals surface area contributed by atoms with Crippen molar-refractivity contribution in [1.82, 2.24) is 0 Å². The van der Waals surface area contributed by atoms with E-state index in [9.17, 15) is 4.79 Å². The number of hydrogen-bond donors (Lipinski definition) is 1. The summed E-state index contributed by atoms with van der Waals surface area (Å²) in [6.45, 7) is 2.06. The predicted octanol–water partition coefficient (Wildman–Crippen LogP) is 2.12. The molecular weight excluding hydrogens is 170 g/mol. The lowest BCUT2D eigenvalue weighted by Gasteiger charge is -2.09. The van der Waals surface area contributed by atoms with Crippen molar-refractivity contribution in [3.8, 4) is 0 Å². The highest BCUT2D eigenvalue weighted by molar-refractivity contribution is 7.08. The molecule has 12 heavy (non-hydrogen) atoms. The Hall–Kier alpha value is -0.830. The Morgan fingerprint density at radius 1 is 1.75 bits per heavy atom. The van der Waals surface area contributed by atoms with E-state index in [1.807, 2.05) is 16.8 Å². The third-order valence-electron chi connectivity index (χ3n) is 1.87. The fraction of sp³-hybridized carbons (Fsp3) is 0.444. The van der Waals surface area contributed by atoms with Crippen LogP contribution in [0.2, 0.25) is 0 Å².